The molecule has 0 spiro atoms. The topological polar surface area (TPSA) is 63.3 Å². The van der Waals surface area contributed by atoms with Gasteiger partial charge >= 0.3 is 5.97 Å². The van der Waals surface area contributed by atoms with E-state index in [0.717, 1.165) is 18.8 Å². The number of aliphatic carboxylic acids is 1. The van der Waals surface area contributed by atoms with Gasteiger partial charge in [0.25, 0.3) is 0 Å². The number of nitrogens with two attached hydrogens (primary N) is 1. The fraction of sp³-hybridized carbons (Fsp3) is 0.917. The second-order valence-electron chi connectivity index (χ2n) is 4.87. The lowest BCUT2D eigenvalue weighted by molar-refractivity contribution is -0.141. The Morgan fingerprint density at radius 1 is 1.40 bits per heavy atom. The number of carbonyl (C=O) groups is 1. The number of hydrogen-bond acceptors (Lipinski definition) is 2. The van der Waals surface area contributed by atoms with Crippen LogP contribution in [0, 0.1) is 17.8 Å². The average molecular weight is 213 g/mol. The van der Waals surface area contributed by atoms with Gasteiger partial charge in [0.15, 0.2) is 0 Å². The molecule has 3 N–H and O–H groups in total. The van der Waals surface area contributed by atoms with Crippen molar-refractivity contribution in [1.29, 1.82) is 0 Å². The summed E-state index contributed by atoms with van der Waals surface area (Å²) in [7, 11) is 0. The van der Waals surface area contributed by atoms with E-state index < -0.39 is 5.97 Å². The molecule has 0 aromatic carbocycles. The van der Waals surface area contributed by atoms with Crippen molar-refractivity contribution < 1.29 is 9.90 Å². The van der Waals surface area contributed by atoms with Crippen LogP contribution in [0.2, 0.25) is 0 Å². The highest BCUT2D eigenvalue weighted by Crippen LogP contribution is 2.33. The summed E-state index contributed by atoms with van der Waals surface area (Å²) >= 11 is 0. The van der Waals surface area contributed by atoms with Crippen LogP contribution in [0.15, 0.2) is 0 Å². The minimum absolute atomic E-state index is 0.271. The first kappa shape index (κ1) is 12.5. The van der Waals surface area contributed by atoms with E-state index in [0.29, 0.717) is 5.92 Å². The Balaban J connectivity index is 2.25. The zero-order valence-electron chi connectivity index (χ0n) is 9.61. The Kier molecular flexibility index (Phi) is 5.09. The maximum absolute atomic E-state index is 10.8. The van der Waals surface area contributed by atoms with Crippen LogP contribution in [0.1, 0.15) is 45.4 Å². The van der Waals surface area contributed by atoms with E-state index in [9.17, 15) is 4.79 Å². The summed E-state index contributed by atoms with van der Waals surface area (Å²) in [5, 5.41) is 8.87. The van der Waals surface area contributed by atoms with Gasteiger partial charge in [-0.15, -0.1) is 0 Å². The zero-order chi connectivity index (χ0) is 11.3. The lowest BCUT2D eigenvalue weighted by Crippen LogP contribution is -2.24. The third kappa shape index (κ3) is 3.82. The van der Waals surface area contributed by atoms with E-state index >= 15 is 0 Å². The molecule has 2 unspecified atom stereocenters. The van der Waals surface area contributed by atoms with Crippen LogP contribution >= 0.6 is 0 Å². The summed E-state index contributed by atoms with van der Waals surface area (Å²) in [5.74, 6) is 0.420. The van der Waals surface area contributed by atoms with E-state index in [1.54, 1.807) is 0 Å². The lowest BCUT2D eigenvalue weighted by Gasteiger charge is -2.20. The Bertz CT molecular complexity index is 200. The molecule has 0 saturated heterocycles. The molecule has 1 saturated carbocycles. The van der Waals surface area contributed by atoms with Gasteiger partial charge in [-0.05, 0) is 24.7 Å². The smallest absolute Gasteiger partial charge is 0.307 e. The largest absolute Gasteiger partial charge is 0.481 e. The molecule has 0 aromatic rings. The molecule has 0 heterocycles. The van der Waals surface area contributed by atoms with Crippen molar-refractivity contribution in [2.45, 2.75) is 45.4 Å². The number of hydrogen-bond donors (Lipinski definition) is 2. The molecule has 0 aromatic heterocycles. The molecule has 0 bridgehead atoms. The van der Waals surface area contributed by atoms with Crippen LogP contribution in [0.5, 0.6) is 0 Å². The predicted octanol–water partition coefficient (Wildman–Crippen LogP) is 2.25. The Labute approximate surface area is 92.0 Å². The van der Waals surface area contributed by atoms with Crippen molar-refractivity contribution >= 4 is 5.97 Å². The highest BCUT2D eigenvalue weighted by molar-refractivity contribution is 5.70. The molecule has 15 heavy (non-hydrogen) atoms. The van der Waals surface area contributed by atoms with Gasteiger partial charge in [0, 0.05) is 6.54 Å². The standard InChI is InChI=1S/C12H23NO2/c1-9(10-4-2-3-5-10)6-7-11(8-13)12(14)15/h9-11H,2-8,13H2,1H3,(H,14,15). The summed E-state index contributed by atoms with van der Waals surface area (Å²) in [6, 6.07) is 0. The minimum Gasteiger partial charge on any atom is -0.481 e. The molecule has 3 heteroatoms. The second-order valence-corrected chi connectivity index (χ2v) is 4.87. The van der Waals surface area contributed by atoms with Crippen LogP contribution in [-0.2, 0) is 4.79 Å². The van der Waals surface area contributed by atoms with E-state index in [1.807, 2.05) is 0 Å². The predicted molar refractivity (Wildman–Crippen MR) is 60.5 cm³/mol. The van der Waals surface area contributed by atoms with E-state index in [2.05, 4.69) is 6.92 Å². The van der Waals surface area contributed by atoms with Crippen LogP contribution in [0.4, 0.5) is 0 Å². The number of carboxylic acids is 1. The van der Waals surface area contributed by atoms with E-state index in [1.165, 1.54) is 25.7 Å². The van der Waals surface area contributed by atoms with Crippen molar-refractivity contribution in [1.82, 2.24) is 0 Å². The molecular weight excluding hydrogens is 190 g/mol. The van der Waals surface area contributed by atoms with Crippen LogP contribution in [-0.4, -0.2) is 17.6 Å². The van der Waals surface area contributed by atoms with Crippen molar-refractivity contribution in [3.05, 3.63) is 0 Å². The first-order valence-corrected chi connectivity index (χ1v) is 6.08. The molecule has 2 atom stereocenters. The quantitative estimate of drug-likeness (QED) is 0.711. The first-order chi connectivity index (χ1) is 7.15. The van der Waals surface area contributed by atoms with E-state index in [-0.39, 0.29) is 12.5 Å². The summed E-state index contributed by atoms with van der Waals surface area (Å²) in [5.41, 5.74) is 5.43. The Morgan fingerprint density at radius 2 is 2.00 bits per heavy atom. The SMILES string of the molecule is CC(CCC(CN)C(=O)O)C1CCCC1. The minimum atomic E-state index is -0.740. The molecule has 1 aliphatic rings. The molecule has 88 valence electrons. The van der Waals surface area contributed by atoms with Crippen LogP contribution in [0.3, 0.4) is 0 Å². The molecule has 0 radical (unpaired) electrons. The molecule has 3 nitrogen and oxygen atoms in total. The number of carboxylic acid groups (broad SMARTS) is 1. The number of rotatable bonds is 6. The third-order valence-electron chi connectivity index (χ3n) is 3.81. The fourth-order valence-electron chi connectivity index (χ4n) is 2.57. The molecule has 1 fully saturated rings. The van der Waals surface area contributed by atoms with Crippen molar-refractivity contribution in [3.63, 3.8) is 0 Å². The van der Waals surface area contributed by atoms with Gasteiger partial charge in [0.1, 0.15) is 0 Å². The van der Waals surface area contributed by atoms with Gasteiger partial charge < -0.3 is 10.8 Å². The average Bonchev–Trinajstić information content (AvgIpc) is 2.70. The molecule has 1 aliphatic carbocycles. The Hall–Kier alpha value is -0.570. The van der Waals surface area contributed by atoms with Crippen LogP contribution < -0.4 is 5.73 Å². The fourth-order valence-corrected chi connectivity index (χ4v) is 2.57. The first-order valence-electron chi connectivity index (χ1n) is 6.08. The molecule has 0 amide bonds. The summed E-state index contributed by atoms with van der Waals surface area (Å²) in [6.45, 7) is 2.53. The normalized spacial score (nSPS) is 21.5. The van der Waals surface area contributed by atoms with Crippen molar-refractivity contribution in [2.75, 3.05) is 6.54 Å². The van der Waals surface area contributed by atoms with Crippen molar-refractivity contribution in [3.8, 4) is 0 Å². The third-order valence-corrected chi connectivity index (χ3v) is 3.81. The maximum atomic E-state index is 10.8. The Morgan fingerprint density at radius 3 is 2.47 bits per heavy atom. The second kappa shape index (κ2) is 6.11. The highest BCUT2D eigenvalue weighted by atomic mass is 16.4. The summed E-state index contributed by atoms with van der Waals surface area (Å²) in [6.07, 6.45) is 7.13. The highest BCUT2D eigenvalue weighted by Gasteiger charge is 2.23. The summed E-state index contributed by atoms with van der Waals surface area (Å²) in [4.78, 5) is 10.8. The van der Waals surface area contributed by atoms with E-state index in [4.69, 9.17) is 10.8 Å². The van der Waals surface area contributed by atoms with Crippen LogP contribution in [0.25, 0.3) is 0 Å². The lowest BCUT2D eigenvalue weighted by atomic mass is 9.86. The van der Waals surface area contributed by atoms with Gasteiger partial charge in [0.2, 0.25) is 0 Å². The zero-order valence-corrected chi connectivity index (χ0v) is 9.61. The van der Waals surface area contributed by atoms with Gasteiger partial charge in [-0.1, -0.05) is 32.6 Å². The monoisotopic (exact) mass is 213 g/mol. The van der Waals surface area contributed by atoms with Gasteiger partial charge in [0.05, 0.1) is 5.92 Å². The van der Waals surface area contributed by atoms with Gasteiger partial charge in [-0.2, -0.15) is 0 Å². The maximum Gasteiger partial charge on any atom is 0.307 e. The van der Waals surface area contributed by atoms with Crippen molar-refractivity contribution in [2.24, 2.45) is 23.5 Å². The van der Waals surface area contributed by atoms with Gasteiger partial charge in [-0.3, -0.25) is 4.79 Å². The molecular formula is C12H23NO2. The molecule has 1 rings (SSSR count). The van der Waals surface area contributed by atoms with Gasteiger partial charge in [-0.25, -0.2) is 0 Å². The summed E-state index contributed by atoms with van der Waals surface area (Å²) < 4.78 is 0. The molecule has 0 aliphatic heterocycles.